The summed E-state index contributed by atoms with van der Waals surface area (Å²) in [6, 6.07) is 17.7. The standard InChI is InChI=1S/C19H20N4O/c24-18-16-8-4-5-9-17(16)21-19(22-12-10-20-11-13-22)23(18)14-15-6-2-1-3-7-15/h1-9,20H,10-14H2. The van der Waals surface area contributed by atoms with Gasteiger partial charge in [-0.1, -0.05) is 42.5 Å². The Labute approximate surface area is 140 Å². The first-order valence-corrected chi connectivity index (χ1v) is 8.32. The molecule has 4 rings (SSSR count). The number of rotatable bonds is 3. The van der Waals surface area contributed by atoms with E-state index in [9.17, 15) is 4.79 Å². The summed E-state index contributed by atoms with van der Waals surface area (Å²) < 4.78 is 1.81. The summed E-state index contributed by atoms with van der Waals surface area (Å²) in [5.41, 5.74) is 1.89. The molecule has 0 saturated carbocycles. The highest BCUT2D eigenvalue weighted by Gasteiger charge is 2.18. The van der Waals surface area contributed by atoms with Crippen LogP contribution in [-0.4, -0.2) is 35.7 Å². The van der Waals surface area contributed by atoms with Crippen molar-refractivity contribution in [3.05, 3.63) is 70.5 Å². The van der Waals surface area contributed by atoms with Crippen LogP contribution in [0.25, 0.3) is 10.9 Å². The van der Waals surface area contributed by atoms with Crippen molar-refractivity contribution >= 4 is 16.9 Å². The Bertz CT molecular complexity index is 898. The van der Waals surface area contributed by atoms with Gasteiger partial charge in [-0.05, 0) is 17.7 Å². The van der Waals surface area contributed by atoms with Crippen molar-refractivity contribution in [1.29, 1.82) is 0 Å². The van der Waals surface area contributed by atoms with Crippen LogP contribution in [-0.2, 0) is 6.54 Å². The van der Waals surface area contributed by atoms with E-state index in [0.29, 0.717) is 11.9 Å². The van der Waals surface area contributed by atoms with E-state index in [0.717, 1.165) is 43.2 Å². The van der Waals surface area contributed by atoms with Crippen molar-refractivity contribution < 1.29 is 0 Å². The van der Waals surface area contributed by atoms with Crippen molar-refractivity contribution in [1.82, 2.24) is 14.9 Å². The lowest BCUT2D eigenvalue weighted by molar-refractivity contribution is 0.564. The maximum absolute atomic E-state index is 13.1. The number of hydrogen-bond acceptors (Lipinski definition) is 4. The van der Waals surface area contributed by atoms with Gasteiger partial charge in [0.05, 0.1) is 17.4 Å². The highest BCUT2D eigenvalue weighted by molar-refractivity contribution is 5.78. The van der Waals surface area contributed by atoms with Gasteiger partial charge in [0.2, 0.25) is 5.95 Å². The molecule has 2 aromatic carbocycles. The molecule has 1 aliphatic rings. The van der Waals surface area contributed by atoms with E-state index >= 15 is 0 Å². The smallest absolute Gasteiger partial charge is 0.263 e. The largest absolute Gasteiger partial charge is 0.340 e. The van der Waals surface area contributed by atoms with Gasteiger partial charge in [-0.25, -0.2) is 4.98 Å². The summed E-state index contributed by atoms with van der Waals surface area (Å²) in [5.74, 6) is 0.768. The van der Waals surface area contributed by atoms with E-state index in [-0.39, 0.29) is 5.56 Å². The van der Waals surface area contributed by atoms with Crippen LogP contribution in [0.15, 0.2) is 59.4 Å². The second-order valence-electron chi connectivity index (χ2n) is 6.04. The van der Waals surface area contributed by atoms with Gasteiger partial charge in [0, 0.05) is 26.2 Å². The zero-order valence-corrected chi connectivity index (χ0v) is 13.5. The second-order valence-corrected chi connectivity index (χ2v) is 6.04. The Hall–Kier alpha value is -2.66. The maximum Gasteiger partial charge on any atom is 0.263 e. The number of para-hydroxylation sites is 1. The van der Waals surface area contributed by atoms with E-state index in [1.807, 2.05) is 59.2 Å². The molecule has 0 aliphatic carbocycles. The Morgan fingerprint density at radius 3 is 2.46 bits per heavy atom. The fourth-order valence-corrected chi connectivity index (χ4v) is 3.17. The van der Waals surface area contributed by atoms with Gasteiger partial charge in [0.1, 0.15) is 0 Å². The molecule has 0 unspecified atom stereocenters. The third kappa shape index (κ3) is 2.78. The first-order chi connectivity index (χ1) is 11.8. The van der Waals surface area contributed by atoms with Gasteiger partial charge in [-0.2, -0.15) is 0 Å². The van der Waals surface area contributed by atoms with Crippen molar-refractivity contribution in [2.45, 2.75) is 6.54 Å². The van der Waals surface area contributed by atoms with Crippen molar-refractivity contribution in [2.24, 2.45) is 0 Å². The minimum absolute atomic E-state index is 0.0259. The fraction of sp³-hybridized carbons (Fsp3) is 0.263. The molecule has 0 spiro atoms. The van der Waals surface area contributed by atoms with E-state index in [1.165, 1.54) is 0 Å². The molecule has 1 aliphatic heterocycles. The summed E-state index contributed by atoms with van der Waals surface area (Å²) in [6.45, 7) is 4.08. The maximum atomic E-state index is 13.1. The molecule has 1 N–H and O–H groups in total. The van der Waals surface area contributed by atoms with Gasteiger partial charge in [-0.3, -0.25) is 9.36 Å². The van der Waals surface area contributed by atoms with Gasteiger partial charge in [0.15, 0.2) is 0 Å². The average Bonchev–Trinajstić information content (AvgIpc) is 2.65. The molecule has 0 atom stereocenters. The zero-order valence-electron chi connectivity index (χ0n) is 13.5. The van der Waals surface area contributed by atoms with Crippen LogP contribution >= 0.6 is 0 Å². The third-order valence-corrected chi connectivity index (χ3v) is 4.42. The average molecular weight is 320 g/mol. The molecular weight excluding hydrogens is 300 g/mol. The first-order valence-electron chi connectivity index (χ1n) is 8.32. The predicted molar refractivity (Wildman–Crippen MR) is 96.6 cm³/mol. The number of nitrogens with zero attached hydrogens (tertiary/aromatic N) is 3. The number of benzene rings is 2. The summed E-state index contributed by atoms with van der Waals surface area (Å²) in [4.78, 5) is 20.1. The van der Waals surface area contributed by atoms with E-state index in [4.69, 9.17) is 4.98 Å². The zero-order chi connectivity index (χ0) is 16.4. The number of hydrogen-bond donors (Lipinski definition) is 1. The second kappa shape index (κ2) is 6.45. The van der Waals surface area contributed by atoms with Gasteiger partial charge < -0.3 is 10.2 Å². The van der Waals surface area contributed by atoms with Crippen LogP contribution in [0.2, 0.25) is 0 Å². The number of nitrogens with one attached hydrogen (secondary N) is 1. The molecule has 0 amide bonds. The predicted octanol–water partition coefficient (Wildman–Crippen LogP) is 1.85. The van der Waals surface area contributed by atoms with Crippen LogP contribution in [0.4, 0.5) is 5.95 Å². The number of fused-ring (bicyclic) bond motifs is 1. The lowest BCUT2D eigenvalue weighted by Gasteiger charge is -2.30. The van der Waals surface area contributed by atoms with Crippen LogP contribution in [0.1, 0.15) is 5.56 Å². The van der Waals surface area contributed by atoms with Gasteiger partial charge >= 0.3 is 0 Å². The third-order valence-electron chi connectivity index (χ3n) is 4.42. The minimum atomic E-state index is 0.0259. The molecule has 3 aromatic rings. The van der Waals surface area contributed by atoms with Crippen molar-refractivity contribution in [3.8, 4) is 0 Å². The molecule has 1 aromatic heterocycles. The van der Waals surface area contributed by atoms with E-state index in [2.05, 4.69) is 10.2 Å². The van der Waals surface area contributed by atoms with E-state index < -0.39 is 0 Å². The molecule has 0 bridgehead atoms. The lowest BCUT2D eigenvalue weighted by Crippen LogP contribution is -2.46. The number of anilines is 1. The molecule has 1 saturated heterocycles. The molecule has 1 fully saturated rings. The molecular formula is C19H20N4O. The quantitative estimate of drug-likeness (QED) is 0.800. The number of piperazine rings is 1. The molecule has 122 valence electrons. The summed E-state index contributed by atoms with van der Waals surface area (Å²) in [6.07, 6.45) is 0. The Morgan fingerprint density at radius 1 is 0.958 bits per heavy atom. The van der Waals surface area contributed by atoms with Crippen molar-refractivity contribution in [2.75, 3.05) is 31.1 Å². The van der Waals surface area contributed by atoms with Crippen LogP contribution in [0, 0.1) is 0 Å². The van der Waals surface area contributed by atoms with Crippen LogP contribution in [0.5, 0.6) is 0 Å². The highest BCUT2D eigenvalue weighted by atomic mass is 16.1. The Balaban J connectivity index is 1.87. The fourth-order valence-electron chi connectivity index (χ4n) is 3.17. The molecule has 5 nitrogen and oxygen atoms in total. The number of aromatic nitrogens is 2. The molecule has 5 heteroatoms. The van der Waals surface area contributed by atoms with Gasteiger partial charge in [-0.15, -0.1) is 0 Å². The van der Waals surface area contributed by atoms with Crippen molar-refractivity contribution in [3.63, 3.8) is 0 Å². The van der Waals surface area contributed by atoms with Gasteiger partial charge in [0.25, 0.3) is 5.56 Å². The Morgan fingerprint density at radius 2 is 1.67 bits per heavy atom. The highest BCUT2D eigenvalue weighted by Crippen LogP contribution is 2.17. The summed E-state index contributed by atoms with van der Waals surface area (Å²) in [5, 5.41) is 4.02. The molecule has 24 heavy (non-hydrogen) atoms. The topological polar surface area (TPSA) is 50.2 Å². The minimum Gasteiger partial charge on any atom is -0.340 e. The monoisotopic (exact) mass is 320 g/mol. The normalized spacial score (nSPS) is 14.9. The summed E-state index contributed by atoms with van der Waals surface area (Å²) >= 11 is 0. The molecule has 2 heterocycles. The summed E-state index contributed by atoms with van der Waals surface area (Å²) in [7, 11) is 0. The van der Waals surface area contributed by atoms with Crippen LogP contribution < -0.4 is 15.8 Å². The SMILES string of the molecule is O=c1c2ccccc2nc(N2CCNCC2)n1Cc1ccccc1. The van der Waals surface area contributed by atoms with E-state index in [1.54, 1.807) is 0 Å². The Kier molecular flexibility index (Phi) is 4.01. The lowest BCUT2D eigenvalue weighted by atomic mass is 10.2. The van der Waals surface area contributed by atoms with Crippen LogP contribution in [0.3, 0.4) is 0 Å². The first kappa shape index (κ1) is 14.9. The molecule has 0 radical (unpaired) electrons.